The highest BCUT2D eigenvalue weighted by Crippen LogP contribution is 1.86. The lowest BCUT2D eigenvalue weighted by molar-refractivity contribution is -0.139. The molecule has 12 heavy (non-hydrogen) atoms. The molecule has 0 rings (SSSR count). The molecule has 0 aromatic carbocycles. The molecule has 0 heterocycles. The molecule has 0 saturated carbocycles. The summed E-state index contributed by atoms with van der Waals surface area (Å²) in [6.45, 7) is -0.364. The Morgan fingerprint density at radius 1 is 1.42 bits per heavy atom. The van der Waals surface area contributed by atoms with E-state index < -0.39 is 18.0 Å². The van der Waals surface area contributed by atoms with E-state index in [0.29, 0.717) is 0 Å². The van der Waals surface area contributed by atoms with E-state index in [4.69, 9.17) is 10.2 Å². The first-order chi connectivity index (χ1) is 5.07. The fraction of sp³-hybridized carbons (Fsp3) is 0.600. The van der Waals surface area contributed by atoms with E-state index in [1.807, 2.05) is 0 Å². The third-order valence-corrected chi connectivity index (χ3v) is 1.35. The van der Waals surface area contributed by atoms with Gasteiger partial charge < -0.3 is 10.2 Å². The number of carboxylic acids is 2. The number of hydrogen-bond acceptors (Lipinski definition) is 4. The molecule has 72 valence electrons. The van der Waals surface area contributed by atoms with Crippen molar-refractivity contribution >= 4 is 37.0 Å². The van der Waals surface area contributed by atoms with Gasteiger partial charge in [0.2, 0.25) is 0 Å². The van der Waals surface area contributed by atoms with Gasteiger partial charge in [-0.1, -0.05) is 0 Å². The maximum atomic E-state index is 10.2. The Kier molecular flexibility index (Phi) is 8.46. The standard InChI is InChI=1S/C5H9NO4S.ClH/c7-4(8)1-6-3(2-11)5(9)10;/h3,6,11H,1-2H2,(H,7,8)(H,9,10);1H/t3-;/m0./s1. The Labute approximate surface area is 81.0 Å². The molecule has 0 aliphatic carbocycles. The van der Waals surface area contributed by atoms with Crippen LogP contribution in [0.25, 0.3) is 0 Å². The SMILES string of the molecule is Cl.O=C(O)CN[C@@H](CS)C(=O)O. The van der Waals surface area contributed by atoms with Crippen LogP contribution in [0.5, 0.6) is 0 Å². The molecule has 0 amide bonds. The van der Waals surface area contributed by atoms with Crippen LogP contribution in [0.3, 0.4) is 0 Å². The van der Waals surface area contributed by atoms with Crippen LogP contribution in [-0.4, -0.2) is 40.5 Å². The Morgan fingerprint density at radius 2 is 1.92 bits per heavy atom. The summed E-state index contributed by atoms with van der Waals surface area (Å²) in [5, 5.41) is 18.8. The van der Waals surface area contributed by atoms with E-state index in [2.05, 4.69) is 17.9 Å². The highest BCUT2D eigenvalue weighted by Gasteiger charge is 2.14. The van der Waals surface area contributed by atoms with Gasteiger partial charge in [0.1, 0.15) is 6.04 Å². The third kappa shape index (κ3) is 6.26. The molecule has 7 heteroatoms. The summed E-state index contributed by atoms with van der Waals surface area (Å²) >= 11 is 3.72. The number of aliphatic carboxylic acids is 2. The molecular weight excluding hydrogens is 206 g/mol. The van der Waals surface area contributed by atoms with Gasteiger partial charge in [-0.15, -0.1) is 12.4 Å². The molecule has 0 spiro atoms. The summed E-state index contributed by atoms with van der Waals surface area (Å²) in [6.07, 6.45) is 0. The van der Waals surface area contributed by atoms with Crippen LogP contribution in [0.1, 0.15) is 0 Å². The molecule has 3 N–H and O–H groups in total. The first-order valence-electron chi connectivity index (χ1n) is 2.86. The number of rotatable bonds is 5. The Balaban J connectivity index is 0. The van der Waals surface area contributed by atoms with Crippen molar-refractivity contribution in [2.24, 2.45) is 0 Å². The smallest absolute Gasteiger partial charge is 0.321 e. The molecule has 0 aromatic heterocycles. The average molecular weight is 216 g/mol. The van der Waals surface area contributed by atoms with Crippen LogP contribution >= 0.6 is 25.0 Å². The van der Waals surface area contributed by atoms with E-state index in [0.717, 1.165) is 0 Å². The van der Waals surface area contributed by atoms with Crippen molar-refractivity contribution in [3.63, 3.8) is 0 Å². The van der Waals surface area contributed by atoms with Crippen LogP contribution in [-0.2, 0) is 9.59 Å². The van der Waals surface area contributed by atoms with Crippen molar-refractivity contribution in [3.8, 4) is 0 Å². The maximum absolute atomic E-state index is 10.2. The zero-order chi connectivity index (χ0) is 8.85. The van der Waals surface area contributed by atoms with Crippen LogP contribution in [0.15, 0.2) is 0 Å². The van der Waals surface area contributed by atoms with E-state index >= 15 is 0 Å². The molecule has 0 saturated heterocycles. The Hall–Kier alpha value is -0.460. The van der Waals surface area contributed by atoms with Gasteiger partial charge in [0.15, 0.2) is 0 Å². The van der Waals surface area contributed by atoms with Crippen LogP contribution in [0, 0.1) is 0 Å². The molecular formula is C5H10ClNO4S. The summed E-state index contributed by atoms with van der Waals surface area (Å²) in [4.78, 5) is 20.2. The molecule has 5 nitrogen and oxygen atoms in total. The van der Waals surface area contributed by atoms with Gasteiger partial charge in [0.05, 0.1) is 6.54 Å². The normalized spacial score (nSPS) is 11.4. The van der Waals surface area contributed by atoms with Crippen molar-refractivity contribution in [2.45, 2.75) is 6.04 Å². The molecule has 0 radical (unpaired) electrons. The minimum atomic E-state index is -1.10. The topological polar surface area (TPSA) is 86.6 Å². The highest BCUT2D eigenvalue weighted by atomic mass is 35.5. The molecule has 0 bridgehead atoms. The zero-order valence-corrected chi connectivity index (χ0v) is 7.77. The second kappa shape index (κ2) is 7.20. The largest absolute Gasteiger partial charge is 0.480 e. The number of nitrogens with one attached hydrogen (secondary N) is 1. The van der Waals surface area contributed by atoms with Gasteiger partial charge in [0.25, 0.3) is 0 Å². The van der Waals surface area contributed by atoms with E-state index in [9.17, 15) is 9.59 Å². The number of carbonyl (C=O) groups is 2. The number of carboxylic acid groups (broad SMARTS) is 2. The molecule has 1 atom stereocenters. The molecule has 0 aliphatic rings. The van der Waals surface area contributed by atoms with Gasteiger partial charge in [-0.25, -0.2) is 0 Å². The van der Waals surface area contributed by atoms with Gasteiger partial charge in [-0.2, -0.15) is 12.6 Å². The van der Waals surface area contributed by atoms with Crippen molar-refractivity contribution in [1.29, 1.82) is 0 Å². The predicted octanol–water partition coefficient (Wildman–Crippen LogP) is -0.535. The van der Waals surface area contributed by atoms with Gasteiger partial charge in [-0.3, -0.25) is 14.9 Å². The second-order valence-corrected chi connectivity index (χ2v) is 2.21. The van der Waals surface area contributed by atoms with Gasteiger partial charge in [-0.05, 0) is 0 Å². The summed E-state index contributed by atoms with van der Waals surface area (Å²) < 4.78 is 0. The third-order valence-electron chi connectivity index (χ3n) is 0.980. The summed E-state index contributed by atoms with van der Waals surface area (Å²) in [5.41, 5.74) is 0. The van der Waals surface area contributed by atoms with Crippen LogP contribution in [0.4, 0.5) is 0 Å². The lowest BCUT2D eigenvalue weighted by Gasteiger charge is -2.08. The fourth-order valence-electron chi connectivity index (χ4n) is 0.440. The maximum Gasteiger partial charge on any atom is 0.321 e. The Bertz CT molecular complexity index is 166. The highest BCUT2D eigenvalue weighted by molar-refractivity contribution is 7.80. The lowest BCUT2D eigenvalue weighted by Crippen LogP contribution is -2.40. The first-order valence-corrected chi connectivity index (χ1v) is 3.50. The summed E-state index contributed by atoms with van der Waals surface area (Å²) in [5.74, 6) is -2.11. The molecule has 0 fully saturated rings. The molecule has 0 aliphatic heterocycles. The van der Waals surface area contributed by atoms with E-state index in [1.165, 1.54) is 0 Å². The molecule has 0 unspecified atom stereocenters. The number of halogens is 1. The monoisotopic (exact) mass is 215 g/mol. The minimum absolute atomic E-state index is 0. The van der Waals surface area contributed by atoms with Crippen molar-refractivity contribution in [1.82, 2.24) is 5.32 Å². The minimum Gasteiger partial charge on any atom is -0.480 e. The van der Waals surface area contributed by atoms with Crippen molar-refractivity contribution in [3.05, 3.63) is 0 Å². The van der Waals surface area contributed by atoms with Crippen molar-refractivity contribution < 1.29 is 19.8 Å². The van der Waals surface area contributed by atoms with Gasteiger partial charge in [0, 0.05) is 5.75 Å². The van der Waals surface area contributed by atoms with E-state index in [1.54, 1.807) is 0 Å². The quantitative estimate of drug-likeness (QED) is 0.463. The summed E-state index contributed by atoms with van der Waals surface area (Å²) in [6, 6.07) is -0.894. The number of thiol groups is 1. The van der Waals surface area contributed by atoms with Gasteiger partial charge >= 0.3 is 11.9 Å². The molecule has 0 aromatic rings. The lowest BCUT2D eigenvalue weighted by atomic mass is 10.3. The van der Waals surface area contributed by atoms with E-state index in [-0.39, 0.29) is 24.7 Å². The fourth-order valence-corrected chi connectivity index (χ4v) is 0.726. The predicted molar refractivity (Wildman–Crippen MR) is 48.2 cm³/mol. The second-order valence-electron chi connectivity index (χ2n) is 1.85. The summed E-state index contributed by atoms with van der Waals surface area (Å²) in [7, 11) is 0. The Morgan fingerprint density at radius 3 is 2.17 bits per heavy atom. The number of hydrogen-bond donors (Lipinski definition) is 4. The van der Waals surface area contributed by atoms with Crippen LogP contribution < -0.4 is 5.32 Å². The van der Waals surface area contributed by atoms with Crippen LogP contribution in [0.2, 0.25) is 0 Å². The average Bonchev–Trinajstić information content (AvgIpc) is 1.87. The first kappa shape index (κ1) is 14.1. The zero-order valence-electron chi connectivity index (χ0n) is 6.06. The van der Waals surface area contributed by atoms with Crippen molar-refractivity contribution in [2.75, 3.05) is 12.3 Å².